The maximum absolute atomic E-state index is 11.4. The Bertz CT molecular complexity index is 538. The molecule has 0 radical (unpaired) electrons. The molecular formula is C15H20N2O2S. The first-order valence-electron chi connectivity index (χ1n) is 7.59. The van der Waals surface area contributed by atoms with E-state index < -0.39 is 5.97 Å². The van der Waals surface area contributed by atoms with Crippen molar-refractivity contribution in [1.29, 1.82) is 0 Å². The summed E-state index contributed by atoms with van der Waals surface area (Å²) in [6, 6.07) is 1.36. The fourth-order valence-corrected chi connectivity index (χ4v) is 5.04. The fourth-order valence-electron chi connectivity index (χ4n) is 3.92. The summed E-state index contributed by atoms with van der Waals surface area (Å²) in [5.74, 6) is 0.125. The van der Waals surface area contributed by atoms with Gasteiger partial charge in [0.2, 0.25) is 0 Å². The number of aromatic carboxylic acids is 1. The zero-order valence-electron chi connectivity index (χ0n) is 11.7. The van der Waals surface area contributed by atoms with Gasteiger partial charge >= 0.3 is 5.97 Å². The Labute approximate surface area is 122 Å². The first-order chi connectivity index (χ1) is 9.63. The summed E-state index contributed by atoms with van der Waals surface area (Å²) in [6.45, 7) is 0. The Balaban J connectivity index is 1.63. The van der Waals surface area contributed by atoms with Gasteiger partial charge in [-0.05, 0) is 45.6 Å². The molecule has 1 aromatic heterocycles. The molecule has 1 aromatic rings. The molecule has 0 amide bonds. The van der Waals surface area contributed by atoms with E-state index >= 15 is 0 Å². The summed E-state index contributed by atoms with van der Waals surface area (Å²) >= 11 is 1.45. The number of fused-ring (bicyclic) bond motifs is 2. The van der Waals surface area contributed by atoms with E-state index in [1.165, 1.54) is 24.2 Å². The standard InChI is InChI=1S/C15H20N2O2S/c1-17-10-4-5-11(17)7-9(6-10)14-16-12(8-2-3-8)13(20-14)15(18)19/h8-11H,2-7H2,1H3,(H,18,19). The molecule has 2 atom stereocenters. The van der Waals surface area contributed by atoms with Crippen molar-refractivity contribution in [3.63, 3.8) is 0 Å². The van der Waals surface area contributed by atoms with Gasteiger partial charge in [0, 0.05) is 23.9 Å². The highest BCUT2D eigenvalue weighted by Crippen LogP contribution is 2.47. The SMILES string of the molecule is CN1C2CCC1CC(c1nc(C3CC3)c(C(=O)O)s1)C2. The molecule has 1 N–H and O–H groups in total. The summed E-state index contributed by atoms with van der Waals surface area (Å²) in [5.41, 5.74) is 0.878. The number of hydrogen-bond acceptors (Lipinski definition) is 4. The maximum atomic E-state index is 11.4. The second kappa shape index (κ2) is 4.53. The molecule has 108 valence electrons. The topological polar surface area (TPSA) is 53.4 Å². The Kier molecular flexibility index (Phi) is 2.89. The number of nitrogens with zero attached hydrogens (tertiary/aromatic N) is 2. The Morgan fingerprint density at radius 3 is 2.40 bits per heavy atom. The van der Waals surface area contributed by atoms with Gasteiger partial charge in [-0.25, -0.2) is 9.78 Å². The second-order valence-electron chi connectivity index (χ2n) is 6.56. The Hall–Kier alpha value is -0.940. The van der Waals surface area contributed by atoms with Crippen LogP contribution in [0.4, 0.5) is 0 Å². The molecule has 1 saturated carbocycles. The third kappa shape index (κ3) is 1.99. The predicted octanol–water partition coefficient (Wildman–Crippen LogP) is 3.06. The number of hydrogen-bond donors (Lipinski definition) is 1. The Morgan fingerprint density at radius 1 is 1.20 bits per heavy atom. The summed E-state index contributed by atoms with van der Waals surface area (Å²) in [6.07, 6.45) is 7.13. The lowest BCUT2D eigenvalue weighted by Gasteiger charge is -2.35. The van der Waals surface area contributed by atoms with Crippen LogP contribution in [0, 0.1) is 0 Å². The third-order valence-corrected chi connectivity index (χ3v) is 6.50. The van der Waals surface area contributed by atoms with Crippen molar-refractivity contribution in [1.82, 2.24) is 9.88 Å². The minimum Gasteiger partial charge on any atom is -0.477 e. The van der Waals surface area contributed by atoms with Gasteiger partial charge in [0.15, 0.2) is 0 Å². The fraction of sp³-hybridized carbons (Fsp3) is 0.733. The van der Waals surface area contributed by atoms with E-state index in [0.717, 1.165) is 36.4 Å². The number of aromatic nitrogens is 1. The van der Waals surface area contributed by atoms with Crippen molar-refractivity contribution in [2.24, 2.45) is 0 Å². The highest BCUT2D eigenvalue weighted by molar-refractivity contribution is 7.13. The lowest BCUT2D eigenvalue weighted by atomic mass is 9.92. The van der Waals surface area contributed by atoms with Crippen molar-refractivity contribution in [2.45, 2.75) is 62.4 Å². The molecule has 2 bridgehead atoms. The number of rotatable bonds is 3. The van der Waals surface area contributed by atoms with Crippen LogP contribution in [0.2, 0.25) is 0 Å². The number of carboxylic acid groups (broad SMARTS) is 1. The molecule has 4 nitrogen and oxygen atoms in total. The summed E-state index contributed by atoms with van der Waals surface area (Å²) < 4.78 is 0. The van der Waals surface area contributed by atoms with E-state index in [4.69, 9.17) is 4.98 Å². The second-order valence-corrected chi connectivity index (χ2v) is 7.60. The van der Waals surface area contributed by atoms with Crippen LogP contribution in [-0.2, 0) is 0 Å². The molecular weight excluding hydrogens is 272 g/mol. The van der Waals surface area contributed by atoms with E-state index in [9.17, 15) is 9.90 Å². The molecule has 2 saturated heterocycles. The summed E-state index contributed by atoms with van der Waals surface area (Å²) in [7, 11) is 2.23. The highest BCUT2D eigenvalue weighted by Gasteiger charge is 2.41. The van der Waals surface area contributed by atoms with Gasteiger partial charge in [-0.1, -0.05) is 0 Å². The van der Waals surface area contributed by atoms with Gasteiger partial charge in [0.25, 0.3) is 0 Å². The van der Waals surface area contributed by atoms with Gasteiger partial charge in [0.1, 0.15) is 4.88 Å². The van der Waals surface area contributed by atoms with E-state index in [2.05, 4.69) is 11.9 Å². The largest absolute Gasteiger partial charge is 0.477 e. The average Bonchev–Trinajstić information content (AvgIpc) is 3.14. The average molecular weight is 292 g/mol. The predicted molar refractivity (Wildman–Crippen MR) is 77.6 cm³/mol. The molecule has 5 heteroatoms. The van der Waals surface area contributed by atoms with Gasteiger partial charge in [-0.3, -0.25) is 0 Å². The van der Waals surface area contributed by atoms with E-state index in [1.807, 2.05) is 0 Å². The van der Waals surface area contributed by atoms with Crippen molar-refractivity contribution < 1.29 is 9.90 Å². The normalized spacial score (nSPS) is 33.5. The third-order valence-electron chi connectivity index (χ3n) is 5.28. The van der Waals surface area contributed by atoms with Crippen LogP contribution in [0.1, 0.15) is 70.7 Å². The zero-order valence-corrected chi connectivity index (χ0v) is 12.5. The van der Waals surface area contributed by atoms with Gasteiger partial charge in [-0.2, -0.15) is 0 Å². The smallest absolute Gasteiger partial charge is 0.347 e. The molecule has 0 aromatic carbocycles. The molecule has 2 unspecified atom stereocenters. The Morgan fingerprint density at radius 2 is 1.85 bits per heavy atom. The molecule has 3 heterocycles. The molecule has 3 fully saturated rings. The number of thiazole rings is 1. The van der Waals surface area contributed by atoms with Crippen LogP contribution in [0.25, 0.3) is 0 Å². The lowest BCUT2D eigenvalue weighted by molar-refractivity contribution is 0.0700. The van der Waals surface area contributed by atoms with Crippen LogP contribution >= 0.6 is 11.3 Å². The van der Waals surface area contributed by atoms with Crippen molar-refractivity contribution >= 4 is 17.3 Å². The zero-order chi connectivity index (χ0) is 13.9. The molecule has 20 heavy (non-hydrogen) atoms. The molecule has 3 aliphatic rings. The molecule has 0 spiro atoms. The van der Waals surface area contributed by atoms with E-state index in [1.54, 1.807) is 0 Å². The van der Waals surface area contributed by atoms with Crippen molar-refractivity contribution in [3.05, 3.63) is 15.6 Å². The van der Waals surface area contributed by atoms with E-state index in [-0.39, 0.29) is 0 Å². The number of carbonyl (C=O) groups is 1. The van der Waals surface area contributed by atoms with Crippen LogP contribution in [0.5, 0.6) is 0 Å². The van der Waals surface area contributed by atoms with Crippen molar-refractivity contribution in [3.8, 4) is 0 Å². The summed E-state index contributed by atoms with van der Waals surface area (Å²) in [4.78, 5) is 19.2. The van der Waals surface area contributed by atoms with Crippen LogP contribution in [0.3, 0.4) is 0 Å². The van der Waals surface area contributed by atoms with Crippen LogP contribution in [0.15, 0.2) is 0 Å². The number of carboxylic acids is 1. The minimum absolute atomic E-state index is 0.425. The monoisotopic (exact) mass is 292 g/mol. The minimum atomic E-state index is -0.786. The van der Waals surface area contributed by atoms with E-state index in [0.29, 0.717) is 28.8 Å². The van der Waals surface area contributed by atoms with Gasteiger partial charge in [0.05, 0.1) is 10.7 Å². The molecule has 2 aliphatic heterocycles. The molecule has 1 aliphatic carbocycles. The van der Waals surface area contributed by atoms with Crippen LogP contribution < -0.4 is 0 Å². The highest BCUT2D eigenvalue weighted by atomic mass is 32.1. The first-order valence-corrected chi connectivity index (χ1v) is 8.41. The maximum Gasteiger partial charge on any atom is 0.347 e. The van der Waals surface area contributed by atoms with Gasteiger partial charge < -0.3 is 10.0 Å². The van der Waals surface area contributed by atoms with Crippen molar-refractivity contribution in [2.75, 3.05) is 7.05 Å². The summed E-state index contributed by atoms with van der Waals surface area (Å²) in [5, 5.41) is 10.5. The lowest BCUT2D eigenvalue weighted by Crippen LogP contribution is -2.39. The van der Waals surface area contributed by atoms with Crippen LogP contribution in [-0.4, -0.2) is 40.1 Å². The molecule has 4 rings (SSSR count). The number of piperidine rings is 1. The quantitative estimate of drug-likeness (QED) is 0.930. The van der Waals surface area contributed by atoms with Gasteiger partial charge in [-0.15, -0.1) is 11.3 Å². The first kappa shape index (κ1) is 12.8.